The van der Waals surface area contributed by atoms with Crippen LogP contribution in [0.5, 0.6) is 11.5 Å². The van der Waals surface area contributed by atoms with Gasteiger partial charge in [0.15, 0.2) is 11.5 Å². The molecule has 0 bridgehead atoms. The fourth-order valence-corrected chi connectivity index (χ4v) is 4.23. The number of pyridine rings is 1. The molecule has 0 amide bonds. The number of hydrogen-bond donors (Lipinski definition) is 1. The van der Waals surface area contributed by atoms with Crippen molar-refractivity contribution in [3.8, 4) is 11.5 Å². The number of hydrogen-bond acceptors (Lipinski definition) is 6. The number of aromatic nitrogens is 1. The summed E-state index contributed by atoms with van der Waals surface area (Å²) >= 11 is 0. The van der Waals surface area contributed by atoms with E-state index in [1.807, 2.05) is 6.07 Å². The maximum absolute atomic E-state index is 11.7. The molecular weight excluding hydrogens is 304 g/mol. The number of nitrogens with zero attached hydrogens (tertiary/aromatic N) is 1. The van der Waals surface area contributed by atoms with Crippen molar-refractivity contribution in [2.45, 2.75) is 43.5 Å². The van der Waals surface area contributed by atoms with Gasteiger partial charge in [0.2, 0.25) is 0 Å². The van der Waals surface area contributed by atoms with Crippen LogP contribution in [-0.4, -0.2) is 44.2 Å². The van der Waals surface area contributed by atoms with Crippen molar-refractivity contribution < 1.29 is 17.9 Å². The molecule has 6 nitrogen and oxygen atoms in total. The third kappa shape index (κ3) is 3.70. The minimum atomic E-state index is -2.95. The molecule has 0 saturated heterocycles. The average molecular weight is 326 g/mol. The molecule has 1 saturated carbocycles. The second kappa shape index (κ2) is 6.42. The van der Waals surface area contributed by atoms with Gasteiger partial charge in [-0.25, -0.2) is 8.42 Å². The summed E-state index contributed by atoms with van der Waals surface area (Å²) < 4.78 is 34.4. The molecule has 3 rings (SSSR count). The Morgan fingerprint density at radius 3 is 2.82 bits per heavy atom. The van der Waals surface area contributed by atoms with Crippen molar-refractivity contribution in [1.82, 2.24) is 10.3 Å². The highest BCUT2D eigenvalue weighted by Gasteiger charge is 2.28. The standard InChI is InChI=1S/C15H22N2O4S/c1-22(18,19)13-4-2-3-11(7-13)16-9-12-8-14-15(10-17-12)21-6-5-20-14/h8,10-11,13,16H,2-7,9H2,1H3. The lowest BCUT2D eigenvalue weighted by atomic mass is 9.95. The fourth-order valence-electron chi connectivity index (χ4n) is 3.05. The largest absolute Gasteiger partial charge is 0.486 e. The van der Waals surface area contributed by atoms with Gasteiger partial charge in [0.1, 0.15) is 23.1 Å². The molecule has 2 heterocycles. The third-order valence-electron chi connectivity index (χ3n) is 4.29. The predicted molar refractivity (Wildman–Crippen MR) is 83.0 cm³/mol. The van der Waals surface area contributed by atoms with Crippen LogP contribution in [0.4, 0.5) is 0 Å². The summed E-state index contributed by atoms with van der Waals surface area (Å²) in [5, 5.41) is 3.21. The molecule has 0 radical (unpaired) electrons. The summed E-state index contributed by atoms with van der Waals surface area (Å²) in [5.41, 5.74) is 0.880. The molecule has 7 heteroatoms. The van der Waals surface area contributed by atoms with Crippen LogP contribution in [-0.2, 0) is 16.4 Å². The summed E-state index contributed by atoms with van der Waals surface area (Å²) in [5.74, 6) is 1.42. The van der Waals surface area contributed by atoms with E-state index in [0.29, 0.717) is 31.9 Å². The van der Waals surface area contributed by atoms with Crippen molar-refractivity contribution in [1.29, 1.82) is 0 Å². The van der Waals surface area contributed by atoms with Gasteiger partial charge >= 0.3 is 0 Å². The van der Waals surface area contributed by atoms with Crippen LogP contribution in [0.2, 0.25) is 0 Å². The van der Waals surface area contributed by atoms with E-state index in [-0.39, 0.29) is 11.3 Å². The van der Waals surface area contributed by atoms with Gasteiger partial charge in [-0.3, -0.25) is 4.98 Å². The van der Waals surface area contributed by atoms with Crippen molar-refractivity contribution in [2.75, 3.05) is 19.5 Å². The number of sulfone groups is 1. The summed E-state index contributed by atoms with van der Waals surface area (Å²) in [7, 11) is -2.95. The SMILES string of the molecule is CS(=O)(=O)C1CCCC(NCc2cc3c(cn2)OCCO3)C1. The second-order valence-electron chi connectivity index (χ2n) is 6.02. The molecule has 0 spiro atoms. The number of fused-ring (bicyclic) bond motifs is 1. The Balaban J connectivity index is 1.58. The van der Waals surface area contributed by atoms with E-state index in [1.54, 1.807) is 6.20 Å². The average Bonchev–Trinajstić information content (AvgIpc) is 2.52. The normalized spacial score (nSPS) is 25.0. The van der Waals surface area contributed by atoms with Gasteiger partial charge in [-0.1, -0.05) is 6.42 Å². The minimum Gasteiger partial charge on any atom is -0.486 e. The van der Waals surface area contributed by atoms with Crippen LogP contribution in [0.15, 0.2) is 12.3 Å². The molecule has 0 aromatic carbocycles. The van der Waals surface area contributed by atoms with Crippen LogP contribution in [0.1, 0.15) is 31.4 Å². The van der Waals surface area contributed by atoms with Gasteiger partial charge in [0, 0.05) is 24.9 Å². The monoisotopic (exact) mass is 326 g/mol. The Labute approximate surface area is 131 Å². The van der Waals surface area contributed by atoms with Crippen LogP contribution >= 0.6 is 0 Å². The Morgan fingerprint density at radius 1 is 1.27 bits per heavy atom. The third-order valence-corrected chi connectivity index (χ3v) is 5.93. The van der Waals surface area contributed by atoms with Crippen molar-refractivity contribution >= 4 is 9.84 Å². The van der Waals surface area contributed by atoms with Crippen molar-refractivity contribution in [3.63, 3.8) is 0 Å². The van der Waals surface area contributed by atoms with Crippen molar-refractivity contribution in [2.24, 2.45) is 0 Å². The van der Waals surface area contributed by atoms with E-state index < -0.39 is 9.84 Å². The molecule has 1 aromatic rings. The maximum atomic E-state index is 11.7. The molecule has 1 aliphatic carbocycles. The molecule has 1 fully saturated rings. The predicted octanol–water partition coefficient (Wildman–Crippen LogP) is 1.30. The quantitative estimate of drug-likeness (QED) is 0.898. The Hall–Kier alpha value is -1.34. The Bertz CT molecular complexity index is 632. The first kappa shape index (κ1) is 15.6. The maximum Gasteiger partial charge on any atom is 0.179 e. The van der Waals surface area contributed by atoms with E-state index in [9.17, 15) is 8.42 Å². The topological polar surface area (TPSA) is 77.5 Å². The lowest BCUT2D eigenvalue weighted by Crippen LogP contribution is -2.38. The lowest BCUT2D eigenvalue weighted by Gasteiger charge is -2.28. The van der Waals surface area contributed by atoms with E-state index in [0.717, 1.165) is 30.7 Å². The second-order valence-corrected chi connectivity index (χ2v) is 8.34. The summed E-state index contributed by atoms with van der Waals surface area (Å²) in [6, 6.07) is 2.11. The number of rotatable bonds is 4. The van der Waals surface area contributed by atoms with Crippen LogP contribution in [0, 0.1) is 0 Å². The van der Waals surface area contributed by atoms with Gasteiger partial charge in [0.25, 0.3) is 0 Å². The van der Waals surface area contributed by atoms with Crippen LogP contribution in [0.25, 0.3) is 0 Å². The van der Waals surface area contributed by atoms with Gasteiger partial charge in [-0.2, -0.15) is 0 Å². The first-order valence-corrected chi connectivity index (χ1v) is 9.64. The van der Waals surface area contributed by atoms with Gasteiger partial charge in [-0.15, -0.1) is 0 Å². The molecule has 122 valence electrons. The number of nitrogens with one attached hydrogen (secondary N) is 1. The Kier molecular flexibility index (Phi) is 4.54. The highest BCUT2D eigenvalue weighted by molar-refractivity contribution is 7.91. The molecule has 2 aliphatic rings. The van der Waals surface area contributed by atoms with E-state index in [4.69, 9.17) is 9.47 Å². The fraction of sp³-hybridized carbons (Fsp3) is 0.667. The van der Waals surface area contributed by atoms with Crippen LogP contribution in [0.3, 0.4) is 0 Å². The first-order valence-electron chi connectivity index (χ1n) is 7.69. The lowest BCUT2D eigenvalue weighted by molar-refractivity contribution is 0.170. The minimum absolute atomic E-state index is 0.216. The first-order chi connectivity index (χ1) is 10.5. The van der Waals surface area contributed by atoms with Gasteiger partial charge in [-0.05, 0) is 19.3 Å². The molecule has 1 aliphatic heterocycles. The van der Waals surface area contributed by atoms with E-state index >= 15 is 0 Å². The smallest absolute Gasteiger partial charge is 0.179 e. The van der Waals surface area contributed by atoms with Gasteiger partial charge in [0.05, 0.1) is 17.1 Å². The molecule has 22 heavy (non-hydrogen) atoms. The molecule has 1 N–H and O–H groups in total. The Morgan fingerprint density at radius 2 is 2.05 bits per heavy atom. The zero-order chi connectivity index (χ0) is 15.6. The van der Waals surface area contributed by atoms with E-state index in [2.05, 4.69) is 10.3 Å². The zero-order valence-corrected chi connectivity index (χ0v) is 13.6. The summed E-state index contributed by atoms with van der Waals surface area (Å²) in [6.45, 7) is 1.72. The summed E-state index contributed by atoms with van der Waals surface area (Å²) in [4.78, 5) is 4.36. The molecule has 1 aromatic heterocycles. The highest BCUT2D eigenvalue weighted by atomic mass is 32.2. The van der Waals surface area contributed by atoms with Gasteiger partial charge < -0.3 is 14.8 Å². The zero-order valence-electron chi connectivity index (χ0n) is 12.7. The molecular formula is C15H22N2O4S. The summed E-state index contributed by atoms with van der Waals surface area (Å²) in [6.07, 6.45) is 6.44. The number of ether oxygens (including phenoxy) is 2. The highest BCUT2D eigenvalue weighted by Crippen LogP contribution is 2.29. The van der Waals surface area contributed by atoms with E-state index in [1.165, 1.54) is 6.26 Å². The van der Waals surface area contributed by atoms with Crippen molar-refractivity contribution in [3.05, 3.63) is 18.0 Å². The molecule has 2 unspecified atom stereocenters. The molecule has 2 atom stereocenters. The van der Waals surface area contributed by atoms with Crippen LogP contribution < -0.4 is 14.8 Å².